The van der Waals surface area contributed by atoms with E-state index in [1.165, 1.54) is 51.7 Å². The minimum Gasteiger partial charge on any atom is -0.298 e. The van der Waals surface area contributed by atoms with E-state index in [-0.39, 0.29) is 0 Å². The van der Waals surface area contributed by atoms with Gasteiger partial charge in [0.15, 0.2) is 0 Å². The molecule has 2 heterocycles. The fraction of sp³-hybridized carbons (Fsp3) is 1.00. The van der Waals surface area contributed by atoms with Crippen molar-refractivity contribution in [2.24, 2.45) is 11.8 Å². The minimum absolute atomic E-state index is 0.768. The van der Waals surface area contributed by atoms with Crippen molar-refractivity contribution in [1.82, 2.24) is 9.80 Å². The molecule has 0 saturated carbocycles. The van der Waals surface area contributed by atoms with Crippen molar-refractivity contribution in [2.45, 2.75) is 84.8 Å². The fourth-order valence-electron chi connectivity index (χ4n) is 4.15. The molecule has 0 radical (unpaired) electrons. The second kappa shape index (κ2) is 7.26. The van der Waals surface area contributed by atoms with Crippen LogP contribution in [0.4, 0.5) is 0 Å². The summed E-state index contributed by atoms with van der Waals surface area (Å²) in [4.78, 5) is 5.62. The molecule has 2 aliphatic rings. The summed E-state index contributed by atoms with van der Waals surface area (Å²) in [6, 6.07) is 2.40. The molecule has 0 N–H and O–H groups in total. The molecule has 0 spiro atoms. The Bertz CT molecular complexity index is 287. The predicted octanol–water partition coefficient (Wildman–Crippen LogP) is 4.01. The van der Waals surface area contributed by atoms with Gasteiger partial charge in [-0.3, -0.25) is 9.80 Å². The smallest absolute Gasteiger partial charge is 0.0249 e. The maximum atomic E-state index is 2.86. The van der Waals surface area contributed by atoms with E-state index in [0.29, 0.717) is 0 Å². The third kappa shape index (κ3) is 3.98. The van der Waals surface area contributed by atoms with E-state index in [4.69, 9.17) is 0 Å². The van der Waals surface area contributed by atoms with Crippen molar-refractivity contribution >= 4 is 0 Å². The first kappa shape index (κ1) is 16.3. The van der Waals surface area contributed by atoms with Gasteiger partial charge in [0.2, 0.25) is 0 Å². The van der Waals surface area contributed by atoms with E-state index in [1.807, 2.05) is 0 Å². The lowest BCUT2D eigenvalue weighted by Gasteiger charge is -2.48. The average molecular weight is 280 g/mol. The Balaban J connectivity index is 1.91. The van der Waals surface area contributed by atoms with Gasteiger partial charge in [-0.05, 0) is 44.6 Å². The Morgan fingerprint density at radius 3 is 2.40 bits per heavy atom. The molecule has 118 valence electrons. The first-order chi connectivity index (χ1) is 9.49. The van der Waals surface area contributed by atoms with Gasteiger partial charge in [-0.1, -0.05) is 40.5 Å². The van der Waals surface area contributed by atoms with Crippen LogP contribution in [-0.4, -0.2) is 47.6 Å². The van der Waals surface area contributed by atoms with E-state index >= 15 is 0 Å². The first-order valence-corrected chi connectivity index (χ1v) is 8.98. The number of hydrogen-bond donors (Lipinski definition) is 0. The van der Waals surface area contributed by atoms with Gasteiger partial charge in [0.25, 0.3) is 0 Å². The monoisotopic (exact) mass is 280 g/mol. The maximum absolute atomic E-state index is 2.86. The Hall–Kier alpha value is -0.0800. The van der Waals surface area contributed by atoms with Gasteiger partial charge in [-0.2, -0.15) is 0 Å². The van der Waals surface area contributed by atoms with Gasteiger partial charge in [0, 0.05) is 31.2 Å². The van der Waals surface area contributed by atoms with Crippen molar-refractivity contribution in [2.75, 3.05) is 19.6 Å². The van der Waals surface area contributed by atoms with Crippen molar-refractivity contribution in [3.8, 4) is 0 Å². The second-order valence-corrected chi connectivity index (χ2v) is 7.97. The summed E-state index contributed by atoms with van der Waals surface area (Å²) in [6.07, 6.45) is 7.02. The molecule has 0 aliphatic carbocycles. The van der Waals surface area contributed by atoms with Crippen molar-refractivity contribution in [3.63, 3.8) is 0 Å². The van der Waals surface area contributed by atoms with E-state index in [2.05, 4.69) is 44.4 Å². The quantitative estimate of drug-likeness (QED) is 0.725. The van der Waals surface area contributed by atoms with E-state index in [0.717, 1.165) is 30.0 Å². The summed E-state index contributed by atoms with van der Waals surface area (Å²) in [5.41, 5.74) is 0. The van der Waals surface area contributed by atoms with Gasteiger partial charge in [0.1, 0.15) is 0 Å². The number of piperazine rings is 1. The molecule has 0 aromatic carbocycles. The molecule has 20 heavy (non-hydrogen) atoms. The number of nitrogens with zero attached hydrogens (tertiary/aromatic N) is 2. The van der Waals surface area contributed by atoms with Crippen LogP contribution in [0.15, 0.2) is 0 Å². The largest absolute Gasteiger partial charge is 0.298 e. The summed E-state index contributed by atoms with van der Waals surface area (Å²) >= 11 is 0. The minimum atomic E-state index is 0.768. The molecule has 0 bridgehead atoms. The summed E-state index contributed by atoms with van der Waals surface area (Å²) < 4.78 is 0. The molecule has 2 aliphatic heterocycles. The van der Waals surface area contributed by atoms with Gasteiger partial charge in [-0.15, -0.1) is 0 Å². The standard InChI is InChI=1S/C18H36N2/c1-14(2)8-6-9-16(5)20-12-17-10-7-11-19(17)13-18(20)15(3)4/h14-18H,6-13H2,1-5H3. The molecule has 3 atom stereocenters. The van der Waals surface area contributed by atoms with Crippen LogP contribution in [-0.2, 0) is 0 Å². The zero-order valence-corrected chi connectivity index (χ0v) is 14.4. The van der Waals surface area contributed by atoms with Crippen LogP contribution in [0.3, 0.4) is 0 Å². The lowest BCUT2D eigenvalue weighted by atomic mass is 9.94. The van der Waals surface area contributed by atoms with Crippen LogP contribution in [0.2, 0.25) is 0 Å². The second-order valence-electron chi connectivity index (χ2n) is 7.97. The summed E-state index contributed by atoms with van der Waals surface area (Å²) in [6.45, 7) is 16.0. The summed E-state index contributed by atoms with van der Waals surface area (Å²) in [7, 11) is 0. The van der Waals surface area contributed by atoms with Crippen molar-refractivity contribution in [1.29, 1.82) is 0 Å². The highest BCUT2D eigenvalue weighted by molar-refractivity contribution is 4.94. The predicted molar refractivity (Wildman–Crippen MR) is 88.1 cm³/mol. The van der Waals surface area contributed by atoms with Crippen LogP contribution in [0.1, 0.15) is 66.7 Å². The van der Waals surface area contributed by atoms with Crippen LogP contribution >= 0.6 is 0 Å². The Labute approximate surface area is 126 Å². The summed E-state index contributed by atoms with van der Waals surface area (Å²) in [5, 5.41) is 0. The lowest BCUT2D eigenvalue weighted by Crippen LogP contribution is -2.60. The molecule has 2 nitrogen and oxygen atoms in total. The van der Waals surface area contributed by atoms with Crippen LogP contribution in [0.5, 0.6) is 0 Å². The van der Waals surface area contributed by atoms with Crippen LogP contribution < -0.4 is 0 Å². The Morgan fingerprint density at radius 2 is 1.75 bits per heavy atom. The Kier molecular flexibility index (Phi) is 5.92. The lowest BCUT2D eigenvalue weighted by molar-refractivity contribution is 0.00191. The fourth-order valence-corrected chi connectivity index (χ4v) is 4.15. The number of rotatable bonds is 6. The maximum Gasteiger partial charge on any atom is 0.0249 e. The van der Waals surface area contributed by atoms with E-state index < -0.39 is 0 Å². The topological polar surface area (TPSA) is 6.48 Å². The molecule has 2 fully saturated rings. The van der Waals surface area contributed by atoms with Gasteiger partial charge in [0.05, 0.1) is 0 Å². The third-order valence-electron chi connectivity index (χ3n) is 5.51. The van der Waals surface area contributed by atoms with E-state index in [1.54, 1.807) is 0 Å². The Morgan fingerprint density at radius 1 is 1.00 bits per heavy atom. The molecule has 2 saturated heterocycles. The average Bonchev–Trinajstić information content (AvgIpc) is 2.83. The SMILES string of the molecule is CC(C)CCCC(C)N1CC2CCCN2CC1C(C)C. The molecule has 3 unspecified atom stereocenters. The highest BCUT2D eigenvalue weighted by atomic mass is 15.3. The van der Waals surface area contributed by atoms with Crippen molar-refractivity contribution in [3.05, 3.63) is 0 Å². The number of fused-ring (bicyclic) bond motifs is 1. The first-order valence-electron chi connectivity index (χ1n) is 8.98. The van der Waals surface area contributed by atoms with Gasteiger partial charge < -0.3 is 0 Å². The van der Waals surface area contributed by atoms with Crippen molar-refractivity contribution < 1.29 is 0 Å². The number of hydrogen-bond acceptors (Lipinski definition) is 2. The molecule has 0 aromatic rings. The zero-order chi connectivity index (χ0) is 14.7. The normalized spacial score (nSPS) is 30.1. The van der Waals surface area contributed by atoms with Crippen LogP contribution in [0, 0.1) is 11.8 Å². The zero-order valence-electron chi connectivity index (χ0n) is 14.4. The highest BCUT2D eigenvalue weighted by Crippen LogP contribution is 2.30. The molecule has 0 amide bonds. The highest BCUT2D eigenvalue weighted by Gasteiger charge is 2.38. The third-order valence-corrected chi connectivity index (χ3v) is 5.51. The van der Waals surface area contributed by atoms with E-state index in [9.17, 15) is 0 Å². The molecular formula is C18H36N2. The van der Waals surface area contributed by atoms with Gasteiger partial charge in [-0.25, -0.2) is 0 Å². The summed E-state index contributed by atoms with van der Waals surface area (Å²) in [5.74, 6) is 1.64. The molecule has 2 rings (SSSR count). The van der Waals surface area contributed by atoms with Gasteiger partial charge >= 0.3 is 0 Å². The molecule has 2 heteroatoms. The molecule has 0 aromatic heterocycles. The van der Waals surface area contributed by atoms with Crippen LogP contribution in [0.25, 0.3) is 0 Å². The molecular weight excluding hydrogens is 244 g/mol.